The van der Waals surface area contributed by atoms with Crippen LogP contribution in [0.3, 0.4) is 0 Å². The zero-order chi connectivity index (χ0) is 14.7. The normalized spacial score (nSPS) is 12.2. The van der Waals surface area contributed by atoms with Gasteiger partial charge >= 0.3 is 0 Å². The van der Waals surface area contributed by atoms with Crippen molar-refractivity contribution in [2.75, 3.05) is 5.32 Å². The van der Waals surface area contributed by atoms with Crippen LogP contribution >= 0.6 is 39.5 Å². The first-order valence-electron chi connectivity index (χ1n) is 6.37. The van der Waals surface area contributed by atoms with Gasteiger partial charge < -0.3 is 11.1 Å². The van der Waals surface area contributed by atoms with Crippen LogP contribution in [0.4, 0.5) is 5.69 Å². The molecule has 1 unspecified atom stereocenters. The Balaban J connectivity index is 2.13. The minimum absolute atomic E-state index is 0.315. The van der Waals surface area contributed by atoms with Crippen LogP contribution in [0.5, 0.6) is 0 Å². The lowest BCUT2D eigenvalue weighted by Gasteiger charge is -2.18. The fourth-order valence-electron chi connectivity index (χ4n) is 2.11. The third-order valence-electron chi connectivity index (χ3n) is 2.97. The summed E-state index contributed by atoms with van der Waals surface area (Å²) in [6, 6.07) is 10.6. The molecule has 2 nitrogen and oxygen atoms in total. The molecule has 0 radical (unpaired) electrons. The number of aryl methyl sites for hydroxylation is 1. The lowest BCUT2D eigenvalue weighted by molar-refractivity contribution is 0.800. The van der Waals surface area contributed by atoms with Gasteiger partial charge in [-0.3, -0.25) is 0 Å². The van der Waals surface area contributed by atoms with Crippen LogP contribution in [0.25, 0.3) is 0 Å². The summed E-state index contributed by atoms with van der Waals surface area (Å²) in [5, 5.41) is 3.50. The SMILES string of the molecule is Cc1ccc(CC(C)Nc2cccc(Br)c2C(N)=S)s1. The van der Waals surface area contributed by atoms with Gasteiger partial charge in [-0.25, -0.2) is 0 Å². The van der Waals surface area contributed by atoms with Crippen molar-refractivity contribution in [3.63, 3.8) is 0 Å². The second-order valence-corrected chi connectivity index (χ2v) is 7.46. The number of thiocarbonyl (C=S) groups is 1. The molecular formula is C15H17BrN2S2. The highest BCUT2D eigenvalue weighted by molar-refractivity contribution is 9.10. The summed E-state index contributed by atoms with van der Waals surface area (Å²) in [5.41, 5.74) is 7.66. The topological polar surface area (TPSA) is 38.0 Å². The Labute approximate surface area is 137 Å². The van der Waals surface area contributed by atoms with Gasteiger partial charge in [0.1, 0.15) is 4.99 Å². The summed E-state index contributed by atoms with van der Waals surface area (Å²) in [6.07, 6.45) is 0.988. The lowest BCUT2D eigenvalue weighted by atomic mass is 10.1. The molecule has 0 amide bonds. The molecule has 2 aromatic rings. The van der Waals surface area contributed by atoms with E-state index in [0.29, 0.717) is 11.0 Å². The van der Waals surface area contributed by atoms with Gasteiger partial charge in [-0.1, -0.05) is 18.3 Å². The highest BCUT2D eigenvalue weighted by atomic mass is 79.9. The first-order valence-corrected chi connectivity index (χ1v) is 8.39. The van der Waals surface area contributed by atoms with Crippen LogP contribution in [0.1, 0.15) is 22.2 Å². The van der Waals surface area contributed by atoms with Crippen molar-refractivity contribution >= 4 is 50.2 Å². The monoisotopic (exact) mass is 368 g/mol. The number of anilines is 1. The van der Waals surface area contributed by atoms with E-state index >= 15 is 0 Å². The zero-order valence-corrected chi connectivity index (χ0v) is 14.7. The maximum atomic E-state index is 5.81. The van der Waals surface area contributed by atoms with Crippen LogP contribution in [-0.2, 0) is 6.42 Å². The van der Waals surface area contributed by atoms with E-state index in [4.69, 9.17) is 18.0 Å². The molecule has 1 aromatic heterocycles. The highest BCUT2D eigenvalue weighted by Gasteiger charge is 2.12. The van der Waals surface area contributed by atoms with E-state index in [9.17, 15) is 0 Å². The van der Waals surface area contributed by atoms with Crippen molar-refractivity contribution in [1.29, 1.82) is 0 Å². The van der Waals surface area contributed by atoms with Crippen molar-refractivity contribution in [2.45, 2.75) is 26.3 Å². The van der Waals surface area contributed by atoms with E-state index in [1.807, 2.05) is 29.5 Å². The average molecular weight is 369 g/mol. The Kier molecular flexibility index (Phi) is 5.18. The standard InChI is InChI=1S/C15H17BrN2S2/c1-9(8-11-7-6-10(2)20-11)18-13-5-3-4-12(16)14(13)15(17)19/h3-7,9,18H,8H2,1-2H3,(H2,17,19). The number of nitrogens with two attached hydrogens (primary N) is 1. The Morgan fingerprint density at radius 3 is 2.75 bits per heavy atom. The molecule has 3 N–H and O–H groups in total. The van der Waals surface area contributed by atoms with Crippen molar-refractivity contribution in [2.24, 2.45) is 5.73 Å². The van der Waals surface area contributed by atoms with Gasteiger partial charge in [-0.15, -0.1) is 11.3 Å². The third kappa shape index (κ3) is 3.81. The Morgan fingerprint density at radius 2 is 2.15 bits per heavy atom. The van der Waals surface area contributed by atoms with Gasteiger partial charge in [0, 0.05) is 37.9 Å². The quantitative estimate of drug-likeness (QED) is 0.763. The molecule has 0 saturated heterocycles. The Morgan fingerprint density at radius 1 is 1.40 bits per heavy atom. The predicted molar refractivity (Wildman–Crippen MR) is 95.9 cm³/mol. The molecule has 1 atom stereocenters. The van der Waals surface area contributed by atoms with Crippen LogP contribution < -0.4 is 11.1 Å². The first-order chi connectivity index (χ1) is 9.47. The second kappa shape index (κ2) is 6.70. The van der Waals surface area contributed by atoms with Crippen molar-refractivity contribution < 1.29 is 0 Å². The summed E-state index contributed by atoms with van der Waals surface area (Å²) in [7, 11) is 0. The van der Waals surface area contributed by atoms with E-state index in [-0.39, 0.29) is 0 Å². The van der Waals surface area contributed by atoms with Gasteiger partial charge in [0.2, 0.25) is 0 Å². The number of halogens is 1. The van der Waals surface area contributed by atoms with Gasteiger partial charge in [0.05, 0.1) is 0 Å². The summed E-state index contributed by atoms with van der Waals surface area (Å²) in [6.45, 7) is 4.30. The van der Waals surface area contributed by atoms with E-state index < -0.39 is 0 Å². The first kappa shape index (κ1) is 15.5. The molecule has 0 bridgehead atoms. The maximum Gasteiger partial charge on any atom is 0.107 e. The number of rotatable bonds is 5. The molecule has 2 rings (SSSR count). The van der Waals surface area contributed by atoms with Crippen molar-refractivity contribution in [3.05, 3.63) is 50.1 Å². The molecular weight excluding hydrogens is 352 g/mol. The number of hydrogen-bond acceptors (Lipinski definition) is 3. The average Bonchev–Trinajstić information content (AvgIpc) is 2.74. The van der Waals surface area contributed by atoms with Crippen molar-refractivity contribution in [1.82, 2.24) is 0 Å². The summed E-state index contributed by atoms with van der Waals surface area (Å²) in [4.78, 5) is 3.13. The van der Waals surface area contributed by atoms with Crippen LogP contribution in [0.2, 0.25) is 0 Å². The molecule has 20 heavy (non-hydrogen) atoms. The fraction of sp³-hybridized carbons (Fsp3) is 0.267. The maximum absolute atomic E-state index is 5.81. The molecule has 0 aliphatic heterocycles. The van der Waals surface area contributed by atoms with Crippen LogP contribution in [0.15, 0.2) is 34.8 Å². The smallest absolute Gasteiger partial charge is 0.107 e. The van der Waals surface area contributed by atoms with Crippen LogP contribution in [0, 0.1) is 6.92 Å². The molecule has 0 saturated carbocycles. The summed E-state index contributed by atoms with van der Waals surface area (Å²) in [5.74, 6) is 0. The number of thiophene rings is 1. The molecule has 0 fully saturated rings. The minimum atomic E-state index is 0.315. The molecule has 1 aromatic carbocycles. The number of benzene rings is 1. The van der Waals surface area contributed by atoms with Crippen molar-refractivity contribution in [3.8, 4) is 0 Å². The van der Waals surface area contributed by atoms with Gasteiger partial charge in [-0.2, -0.15) is 0 Å². The minimum Gasteiger partial charge on any atom is -0.389 e. The van der Waals surface area contributed by atoms with Crippen LogP contribution in [-0.4, -0.2) is 11.0 Å². The lowest BCUT2D eigenvalue weighted by Crippen LogP contribution is -2.21. The summed E-state index contributed by atoms with van der Waals surface area (Å²) < 4.78 is 0.925. The molecule has 0 aliphatic carbocycles. The molecule has 0 aliphatic rings. The van der Waals surface area contributed by atoms with Gasteiger partial charge in [0.25, 0.3) is 0 Å². The van der Waals surface area contributed by atoms with Gasteiger partial charge in [0.15, 0.2) is 0 Å². The zero-order valence-electron chi connectivity index (χ0n) is 11.4. The number of hydrogen-bond donors (Lipinski definition) is 2. The molecule has 0 spiro atoms. The third-order valence-corrected chi connectivity index (χ3v) is 4.85. The fourth-order valence-corrected chi connectivity index (χ4v) is 4.06. The molecule has 1 heterocycles. The Bertz CT molecular complexity index is 622. The van der Waals surface area contributed by atoms with E-state index in [1.165, 1.54) is 9.75 Å². The molecule has 106 valence electrons. The summed E-state index contributed by atoms with van der Waals surface area (Å²) >= 11 is 10.5. The van der Waals surface area contributed by atoms with E-state index in [1.54, 1.807) is 0 Å². The van der Waals surface area contributed by atoms with E-state index in [2.05, 4.69) is 47.2 Å². The van der Waals surface area contributed by atoms with Gasteiger partial charge in [-0.05, 0) is 54.0 Å². The highest BCUT2D eigenvalue weighted by Crippen LogP contribution is 2.26. The number of nitrogens with one attached hydrogen (secondary N) is 1. The predicted octanol–water partition coefficient (Wildman–Crippen LogP) is 4.50. The Hall–Kier alpha value is -0.910. The molecule has 5 heteroatoms. The second-order valence-electron chi connectivity index (χ2n) is 4.79. The van der Waals surface area contributed by atoms with E-state index in [0.717, 1.165) is 22.1 Å². The largest absolute Gasteiger partial charge is 0.389 e.